The fourth-order valence-corrected chi connectivity index (χ4v) is 8.96. The van der Waals surface area contributed by atoms with Crippen molar-refractivity contribution in [1.82, 2.24) is 5.48 Å². The van der Waals surface area contributed by atoms with Crippen LogP contribution in [0.5, 0.6) is 0 Å². The summed E-state index contributed by atoms with van der Waals surface area (Å²) in [5, 5.41) is 16.3. The van der Waals surface area contributed by atoms with Crippen LogP contribution in [0.15, 0.2) is 24.3 Å². The lowest BCUT2D eigenvalue weighted by molar-refractivity contribution is 0.234. The topological polar surface area (TPSA) is 65.3 Å². The molecule has 0 bridgehead atoms. The van der Waals surface area contributed by atoms with E-state index in [4.69, 9.17) is 15.0 Å². The second kappa shape index (κ2) is 7.90. The molecular formula is C17H30N2O2Si. The van der Waals surface area contributed by atoms with Crippen LogP contribution < -0.4 is 5.48 Å². The number of amidine groups is 1. The minimum absolute atomic E-state index is 0.00253. The molecule has 3 N–H and O–H groups in total. The summed E-state index contributed by atoms with van der Waals surface area (Å²) in [6.07, 6.45) is 0. The molecule has 0 heterocycles. The van der Waals surface area contributed by atoms with Crippen LogP contribution in [0.3, 0.4) is 0 Å². The first-order valence-electron chi connectivity index (χ1n) is 7.97. The molecule has 22 heavy (non-hydrogen) atoms. The van der Waals surface area contributed by atoms with Gasteiger partial charge in [-0.2, -0.15) is 0 Å². The van der Waals surface area contributed by atoms with Crippen molar-refractivity contribution >= 4 is 14.2 Å². The van der Waals surface area contributed by atoms with E-state index in [0.717, 1.165) is 5.56 Å². The summed E-state index contributed by atoms with van der Waals surface area (Å²) in [6, 6.07) is 7.57. The van der Waals surface area contributed by atoms with Crippen LogP contribution in [-0.4, -0.2) is 19.4 Å². The van der Waals surface area contributed by atoms with Crippen molar-refractivity contribution in [2.75, 3.05) is 0 Å². The molecule has 1 rings (SSSR count). The molecule has 124 valence electrons. The Morgan fingerprint density at radius 1 is 1.05 bits per heavy atom. The summed E-state index contributed by atoms with van der Waals surface area (Å²) in [7, 11) is -1.85. The van der Waals surface area contributed by atoms with Gasteiger partial charge in [0.2, 0.25) is 8.32 Å². The molecule has 1 aromatic rings. The first-order chi connectivity index (χ1) is 10.3. The predicted molar refractivity (Wildman–Crippen MR) is 94.0 cm³/mol. The standard InChI is InChI=1S/C17H30N2O2Si/c1-12(2)22(13(3)4,14(5)6)21-11-15-7-9-16(10-8-15)17(18)19-20/h7-10,12-14,20H,11H2,1-6H3,(H2,18,19). The van der Waals surface area contributed by atoms with E-state index < -0.39 is 8.32 Å². The number of hydrogen-bond acceptors (Lipinski definition) is 3. The van der Waals surface area contributed by atoms with Crippen LogP contribution >= 0.6 is 0 Å². The Kier molecular flexibility index (Phi) is 6.78. The minimum atomic E-state index is -1.85. The van der Waals surface area contributed by atoms with Crippen LogP contribution in [0, 0.1) is 5.41 Å². The molecule has 0 saturated heterocycles. The Hall–Kier alpha value is -1.17. The van der Waals surface area contributed by atoms with Gasteiger partial charge in [-0.1, -0.05) is 65.8 Å². The maximum absolute atomic E-state index is 8.76. The lowest BCUT2D eigenvalue weighted by Gasteiger charge is -2.42. The van der Waals surface area contributed by atoms with Crippen molar-refractivity contribution in [3.05, 3.63) is 35.4 Å². The van der Waals surface area contributed by atoms with Crippen molar-refractivity contribution in [2.45, 2.75) is 64.8 Å². The molecule has 0 saturated carbocycles. The molecule has 5 heteroatoms. The van der Waals surface area contributed by atoms with Gasteiger partial charge in [0.05, 0.1) is 6.61 Å². The fraction of sp³-hybridized carbons (Fsp3) is 0.588. The van der Waals surface area contributed by atoms with Gasteiger partial charge in [0.1, 0.15) is 5.84 Å². The van der Waals surface area contributed by atoms with E-state index in [1.807, 2.05) is 29.7 Å². The monoisotopic (exact) mass is 322 g/mol. The van der Waals surface area contributed by atoms with Crippen LogP contribution in [0.25, 0.3) is 0 Å². The number of hydroxylamine groups is 1. The van der Waals surface area contributed by atoms with Crippen molar-refractivity contribution in [3.8, 4) is 0 Å². The van der Waals surface area contributed by atoms with E-state index in [1.165, 1.54) is 0 Å². The normalized spacial score (nSPS) is 12.3. The van der Waals surface area contributed by atoms with Crippen LogP contribution in [0.2, 0.25) is 16.6 Å². The highest BCUT2D eigenvalue weighted by atomic mass is 28.4. The third kappa shape index (κ3) is 3.97. The highest BCUT2D eigenvalue weighted by Crippen LogP contribution is 2.42. The summed E-state index contributed by atoms with van der Waals surface area (Å²) < 4.78 is 6.55. The minimum Gasteiger partial charge on any atom is -0.412 e. The first kappa shape index (κ1) is 18.9. The lowest BCUT2D eigenvalue weighted by atomic mass is 10.1. The van der Waals surface area contributed by atoms with Crippen molar-refractivity contribution in [1.29, 1.82) is 5.41 Å². The third-order valence-corrected chi connectivity index (χ3v) is 10.6. The third-order valence-electron chi connectivity index (χ3n) is 4.55. The molecule has 0 aromatic heterocycles. The van der Waals surface area contributed by atoms with Gasteiger partial charge in [-0.3, -0.25) is 16.1 Å². The number of nitrogens with one attached hydrogen (secondary N) is 2. The molecule has 1 aromatic carbocycles. The van der Waals surface area contributed by atoms with Crippen LogP contribution in [0.4, 0.5) is 0 Å². The fourth-order valence-electron chi connectivity index (χ4n) is 3.54. The van der Waals surface area contributed by atoms with Gasteiger partial charge in [0.25, 0.3) is 0 Å². The van der Waals surface area contributed by atoms with Gasteiger partial charge in [-0.25, -0.2) is 0 Å². The van der Waals surface area contributed by atoms with E-state index in [1.54, 1.807) is 0 Å². The number of hydrogen-bond donors (Lipinski definition) is 3. The van der Waals surface area contributed by atoms with Gasteiger partial charge in [0, 0.05) is 5.56 Å². The molecule has 0 aliphatic carbocycles. The van der Waals surface area contributed by atoms with Gasteiger partial charge in [0.15, 0.2) is 0 Å². The largest absolute Gasteiger partial charge is 0.412 e. The zero-order valence-electron chi connectivity index (χ0n) is 14.6. The summed E-state index contributed by atoms with van der Waals surface area (Å²) in [5.41, 5.74) is 5.33. The van der Waals surface area contributed by atoms with E-state index in [-0.39, 0.29) is 5.84 Å². The van der Waals surface area contributed by atoms with Crippen molar-refractivity contribution < 1.29 is 9.63 Å². The van der Waals surface area contributed by atoms with E-state index in [2.05, 4.69) is 41.5 Å². The van der Waals surface area contributed by atoms with Crippen molar-refractivity contribution in [3.63, 3.8) is 0 Å². The Bertz CT molecular complexity index is 462. The van der Waals surface area contributed by atoms with Crippen LogP contribution in [-0.2, 0) is 11.0 Å². The molecule has 0 aliphatic heterocycles. The average molecular weight is 323 g/mol. The average Bonchev–Trinajstić information content (AvgIpc) is 2.46. The molecular weight excluding hydrogens is 292 g/mol. The Morgan fingerprint density at radius 2 is 1.50 bits per heavy atom. The van der Waals surface area contributed by atoms with Gasteiger partial charge in [-0.15, -0.1) is 0 Å². The second-order valence-corrected chi connectivity index (χ2v) is 12.2. The summed E-state index contributed by atoms with van der Waals surface area (Å²) in [5.74, 6) is 0.00253. The highest BCUT2D eigenvalue weighted by Gasteiger charge is 2.44. The Morgan fingerprint density at radius 3 is 1.86 bits per heavy atom. The molecule has 0 aliphatic rings. The van der Waals surface area contributed by atoms with Crippen molar-refractivity contribution in [2.24, 2.45) is 0 Å². The molecule has 4 nitrogen and oxygen atoms in total. The molecule has 0 unspecified atom stereocenters. The van der Waals surface area contributed by atoms with Gasteiger partial charge >= 0.3 is 0 Å². The number of rotatable bonds is 7. The summed E-state index contributed by atoms with van der Waals surface area (Å²) >= 11 is 0. The van der Waals surface area contributed by atoms with Gasteiger partial charge in [-0.05, 0) is 22.2 Å². The molecule has 0 atom stereocenters. The van der Waals surface area contributed by atoms with Crippen LogP contribution in [0.1, 0.15) is 52.7 Å². The quantitative estimate of drug-likeness (QED) is 0.295. The van der Waals surface area contributed by atoms with E-state index in [0.29, 0.717) is 28.8 Å². The Labute approximate surface area is 135 Å². The summed E-state index contributed by atoms with van der Waals surface area (Å²) in [4.78, 5) is 0. The molecule has 0 radical (unpaired) electrons. The lowest BCUT2D eigenvalue weighted by Crippen LogP contribution is -2.47. The molecule has 0 amide bonds. The molecule has 0 fully saturated rings. The van der Waals surface area contributed by atoms with E-state index in [9.17, 15) is 0 Å². The zero-order valence-corrected chi connectivity index (χ0v) is 15.6. The smallest absolute Gasteiger partial charge is 0.200 e. The zero-order chi connectivity index (χ0) is 16.9. The molecule has 0 spiro atoms. The first-order valence-corrected chi connectivity index (χ1v) is 10.1. The maximum Gasteiger partial charge on any atom is 0.200 e. The Balaban J connectivity index is 2.87. The SMILES string of the molecule is CC(C)[Si](OCc1ccc(C(=N)NO)cc1)(C(C)C)C(C)C. The predicted octanol–water partition coefficient (Wildman–Crippen LogP) is 4.68. The van der Waals surface area contributed by atoms with Gasteiger partial charge < -0.3 is 4.43 Å². The maximum atomic E-state index is 8.76. The number of benzene rings is 1. The second-order valence-electron chi connectivity index (χ2n) is 6.79. The highest BCUT2D eigenvalue weighted by molar-refractivity contribution is 6.77. The van der Waals surface area contributed by atoms with E-state index >= 15 is 0 Å². The summed E-state index contributed by atoms with van der Waals surface area (Å²) in [6.45, 7) is 14.3.